The molecular formula is C14H20ClN3O2S. The zero-order valence-corrected chi connectivity index (χ0v) is 13.8. The van der Waals surface area contributed by atoms with Gasteiger partial charge in [-0.1, -0.05) is 0 Å². The van der Waals surface area contributed by atoms with Crippen molar-refractivity contribution in [1.29, 1.82) is 0 Å². The standard InChI is InChI=1S/C14H20ClN3O2S/c1-17(2)21(19,20)13-5-6-14(16-9-13)18-11-3-4-12(18)8-10(15)7-11/h5-6,9-12H,3-4,7-8H2,1-2H3. The number of hydrogen-bond acceptors (Lipinski definition) is 4. The summed E-state index contributed by atoms with van der Waals surface area (Å²) < 4.78 is 25.3. The van der Waals surface area contributed by atoms with Crippen LogP contribution in [0.5, 0.6) is 0 Å². The Kier molecular flexibility index (Phi) is 3.88. The monoisotopic (exact) mass is 329 g/mol. The number of piperidine rings is 1. The van der Waals surface area contributed by atoms with E-state index in [1.54, 1.807) is 6.07 Å². The summed E-state index contributed by atoms with van der Waals surface area (Å²) in [5, 5.41) is 0.257. The number of sulfonamides is 1. The molecular weight excluding hydrogens is 310 g/mol. The fourth-order valence-corrected chi connectivity index (χ4v) is 4.63. The van der Waals surface area contributed by atoms with Crippen molar-refractivity contribution in [1.82, 2.24) is 9.29 Å². The average molecular weight is 330 g/mol. The molecule has 0 amide bonds. The number of nitrogens with zero attached hydrogens (tertiary/aromatic N) is 3. The fourth-order valence-electron chi connectivity index (χ4n) is 3.37. The maximum absolute atomic E-state index is 12.1. The molecule has 1 aromatic rings. The van der Waals surface area contributed by atoms with Gasteiger partial charge in [-0.05, 0) is 37.8 Å². The second-order valence-corrected chi connectivity index (χ2v) is 8.77. The van der Waals surface area contributed by atoms with Gasteiger partial charge >= 0.3 is 0 Å². The van der Waals surface area contributed by atoms with E-state index in [0.29, 0.717) is 12.1 Å². The van der Waals surface area contributed by atoms with Crippen LogP contribution in [0.1, 0.15) is 25.7 Å². The van der Waals surface area contributed by atoms with Crippen molar-refractivity contribution in [3.8, 4) is 0 Å². The number of hydrogen-bond donors (Lipinski definition) is 0. The summed E-state index contributed by atoms with van der Waals surface area (Å²) in [6, 6.07) is 4.34. The molecule has 7 heteroatoms. The minimum absolute atomic E-state index is 0.232. The number of anilines is 1. The molecule has 2 bridgehead atoms. The van der Waals surface area contributed by atoms with E-state index in [1.807, 2.05) is 6.07 Å². The highest BCUT2D eigenvalue weighted by molar-refractivity contribution is 7.89. The lowest BCUT2D eigenvalue weighted by Crippen LogP contribution is -2.43. The van der Waals surface area contributed by atoms with E-state index in [9.17, 15) is 8.42 Å². The second kappa shape index (κ2) is 5.41. The highest BCUT2D eigenvalue weighted by atomic mass is 35.5. The molecule has 5 nitrogen and oxygen atoms in total. The Bertz CT molecular complexity index is 604. The average Bonchev–Trinajstić information content (AvgIpc) is 2.71. The highest BCUT2D eigenvalue weighted by Crippen LogP contribution is 2.40. The zero-order valence-electron chi connectivity index (χ0n) is 12.2. The quantitative estimate of drug-likeness (QED) is 0.797. The van der Waals surface area contributed by atoms with Gasteiger partial charge in [0.15, 0.2) is 0 Å². The Morgan fingerprint density at radius 1 is 1.24 bits per heavy atom. The van der Waals surface area contributed by atoms with Crippen LogP contribution >= 0.6 is 11.6 Å². The summed E-state index contributed by atoms with van der Waals surface area (Å²) in [5.74, 6) is 0.865. The highest BCUT2D eigenvalue weighted by Gasteiger charge is 2.40. The van der Waals surface area contributed by atoms with Gasteiger partial charge in [0.25, 0.3) is 0 Å². The smallest absolute Gasteiger partial charge is 0.244 e. The van der Waals surface area contributed by atoms with Crippen LogP contribution in [-0.2, 0) is 10.0 Å². The minimum Gasteiger partial charge on any atom is -0.351 e. The van der Waals surface area contributed by atoms with E-state index in [-0.39, 0.29) is 10.3 Å². The van der Waals surface area contributed by atoms with E-state index in [2.05, 4.69) is 9.88 Å². The summed E-state index contributed by atoms with van der Waals surface area (Å²) in [5.41, 5.74) is 0. The van der Waals surface area contributed by atoms with Crippen LogP contribution in [0.4, 0.5) is 5.82 Å². The van der Waals surface area contributed by atoms with Crippen molar-refractivity contribution >= 4 is 27.4 Å². The van der Waals surface area contributed by atoms with Crippen LogP contribution in [0.15, 0.2) is 23.2 Å². The minimum atomic E-state index is -3.41. The SMILES string of the molecule is CN(C)S(=O)(=O)c1ccc(N2C3CCC2CC(Cl)C3)nc1. The van der Waals surface area contributed by atoms with E-state index in [4.69, 9.17) is 11.6 Å². The van der Waals surface area contributed by atoms with Gasteiger partial charge in [0.2, 0.25) is 10.0 Å². The van der Waals surface area contributed by atoms with Gasteiger partial charge < -0.3 is 4.90 Å². The molecule has 2 unspecified atom stereocenters. The molecule has 0 aromatic carbocycles. The normalized spacial score (nSPS) is 29.1. The molecule has 3 heterocycles. The molecule has 3 rings (SSSR count). The lowest BCUT2D eigenvalue weighted by Gasteiger charge is -2.38. The third-order valence-electron chi connectivity index (χ3n) is 4.44. The maximum Gasteiger partial charge on any atom is 0.244 e. The van der Waals surface area contributed by atoms with E-state index >= 15 is 0 Å². The first-order valence-corrected chi connectivity index (χ1v) is 9.08. The summed E-state index contributed by atoms with van der Waals surface area (Å²) in [6.45, 7) is 0. The van der Waals surface area contributed by atoms with E-state index in [1.165, 1.54) is 24.6 Å². The van der Waals surface area contributed by atoms with Crippen molar-refractivity contribution in [2.24, 2.45) is 0 Å². The Balaban J connectivity index is 1.86. The van der Waals surface area contributed by atoms with Crippen LogP contribution in [0.3, 0.4) is 0 Å². The lowest BCUT2D eigenvalue weighted by atomic mass is 10.0. The molecule has 2 atom stereocenters. The summed E-state index contributed by atoms with van der Waals surface area (Å²) in [6.07, 6.45) is 5.71. The van der Waals surface area contributed by atoms with Crippen LogP contribution in [-0.4, -0.2) is 49.3 Å². The van der Waals surface area contributed by atoms with E-state index < -0.39 is 10.0 Å². The molecule has 116 valence electrons. The van der Waals surface area contributed by atoms with Crippen LogP contribution in [0.25, 0.3) is 0 Å². The second-order valence-electron chi connectivity index (χ2n) is 6.00. The molecule has 2 saturated heterocycles. The topological polar surface area (TPSA) is 53.5 Å². The molecule has 1 aromatic heterocycles. The first-order valence-electron chi connectivity index (χ1n) is 7.20. The predicted octanol–water partition coefficient (Wildman–Crippen LogP) is 2.07. The molecule has 2 aliphatic rings. The van der Waals surface area contributed by atoms with Gasteiger partial charge in [0.05, 0.1) is 0 Å². The molecule has 0 saturated carbocycles. The third kappa shape index (κ3) is 2.64. The molecule has 2 aliphatic heterocycles. The number of halogens is 1. The molecule has 21 heavy (non-hydrogen) atoms. The largest absolute Gasteiger partial charge is 0.351 e. The Morgan fingerprint density at radius 2 is 1.86 bits per heavy atom. The number of pyridine rings is 1. The summed E-state index contributed by atoms with van der Waals surface area (Å²) in [7, 11) is -0.368. The molecule has 0 radical (unpaired) electrons. The Morgan fingerprint density at radius 3 is 2.33 bits per heavy atom. The van der Waals surface area contributed by atoms with Gasteiger partial charge in [0.1, 0.15) is 10.7 Å². The van der Waals surface area contributed by atoms with Gasteiger partial charge in [-0.2, -0.15) is 0 Å². The number of fused-ring (bicyclic) bond motifs is 2. The number of alkyl halides is 1. The van der Waals surface area contributed by atoms with Crippen molar-refractivity contribution in [2.75, 3.05) is 19.0 Å². The molecule has 0 N–H and O–H groups in total. The predicted molar refractivity (Wildman–Crippen MR) is 83.3 cm³/mol. The van der Waals surface area contributed by atoms with Gasteiger partial charge in [-0.3, -0.25) is 0 Å². The lowest BCUT2D eigenvalue weighted by molar-refractivity contribution is 0.470. The Labute approximate surface area is 131 Å². The van der Waals surface area contributed by atoms with Crippen molar-refractivity contribution in [3.63, 3.8) is 0 Å². The van der Waals surface area contributed by atoms with Gasteiger partial charge in [-0.25, -0.2) is 17.7 Å². The third-order valence-corrected chi connectivity index (χ3v) is 6.59. The van der Waals surface area contributed by atoms with Gasteiger partial charge in [-0.15, -0.1) is 11.6 Å². The van der Waals surface area contributed by atoms with Crippen LogP contribution in [0.2, 0.25) is 0 Å². The molecule has 2 fully saturated rings. The summed E-state index contributed by atoms with van der Waals surface area (Å²) >= 11 is 6.29. The number of aromatic nitrogens is 1. The van der Waals surface area contributed by atoms with E-state index in [0.717, 1.165) is 31.5 Å². The van der Waals surface area contributed by atoms with Crippen molar-refractivity contribution in [3.05, 3.63) is 18.3 Å². The van der Waals surface area contributed by atoms with Crippen molar-refractivity contribution in [2.45, 2.75) is 48.0 Å². The molecule has 0 aliphatic carbocycles. The summed E-state index contributed by atoms with van der Waals surface area (Å²) in [4.78, 5) is 6.95. The maximum atomic E-state index is 12.1. The fraction of sp³-hybridized carbons (Fsp3) is 0.643. The first kappa shape index (κ1) is 15.1. The zero-order chi connectivity index (χ0) is 15.2. The van der Waals surface area contributed by atoms with Gasteiger partial charge in [0, 0.05) is 37.8 Å². The molecule has 0 spiro atoms. The van der Waals surface area contributed by atoms with Crippen molar-refractivity contribution < 1.29 is 8.42 Å². The first-order chi connectivity index (χ1) is 9.89. The van der Waals surface area contributed by atoms with Crippen LogP contribution < -0.4 is 4.90 Å². The Hall–Kier alpha value is -0.850. The number of rotatable bonds is 3. The van der Waals surface area contributed by atoms with Crippen LogP contribution in [0, 0.1) is 0 Å².